The Kier molecular flexibility index (Phi) is 6.74. The third-order valence-electron chi connectivity index (χ3n) is 8.93. The molecule has 0 saturated heterocycles. The molecule has 9 heteroatoms. The van der Waals surface area contributed by atoms with Crippen molar-refractivity contribution < 1.29 is 0 Å². The first-order valence-corrected chi connectivity index (χ1v) is 15.8. The summed E-state index contributed by atoms with van der Waals surface area (Å²) in [7, 11) is 0. The van der Waals surface area contributed by atoms with E-state index >= 15 is 0 Å². The van der Waals surface area contributed by atoms with Crippen LogP contribution in [-0.2, 0) is 12.1 Å². The number of hydrogen-bond donors (Lipinski definition) is 0. The van der Waals surface area contributed by atoms with E-state index in [4.69, 9.17) is 10.1 Å². The van der Waals surface area contributed by atoms with Gasteiger partial charge in [-0.25, -0.2) is 14.5 Å². The van der Waals surface area contributed by atoms with Gasteiger partial charge in [-0.3, -0.25) is 14.0 Å². The number of imidazole rings is 2. The first-order chi connectivity index (χ1) is 22.5. The van der Waals surface area contributed by atoms with E-state index in [0.717, 1.165) is 28.8 Å². The molecule has 1 aliphatic rings. The Morgan fingerprint density at radius 2 is 1.41 bits per heavy atom. The number of benzene rings is 3. The van der Waals surface area contributed by atoms with Gasteiger partial charge in [0.2, 0.25) is 5.65 Å². The molecule has 0 atom stereocenters. The number of nitrogens with zero attached hydrogens (tertiary/aromatic N) is 8. The summed E-state index contributed by atoms with van der Waals surface area (Å²) in [6.45, 7) is 4.85. The van der Waals surface area contributed by atoms with Crippen LogP contribution in [0.3, 0.4) is 0 Å². The predicted octanol–water partition coefficient (Wildman–Crippen LogP) is 6.45. The van der Waals surface area contributed by atoms with Crippen molar-refractivity contribution in [3.8, 4) is 22.8 Å². The summed E-state index contributed by atoms with van der Waals surface area (Å²) >= 11 is 0. The normalized spacial score (nSPS) is 13.5. The van der Waals surface area contributed by atoms with Crippen LogP contribution in [-0.4, -0.2) is 38.5 Å². The molecule has 7 aromatic rings. The van der Waals surface area contributed by atoms with Crippen LogP contribution in [0.4, 0.5) is 0 Å². The highest BCUT2D eigenvalue weighted by atomic mass is 16.1. The standard InChI is InChI=1S/C37H34N8O/c1-26(2)44-34(28-20-40-43(23-28)22-27-18-19-27)41-45-33(21-38-35(45)36(44)46)32-24-42(25-39-32)37(29-12-6-3-7-13-29,30-14-8-4-9-15-30)31-16-10-5-11-17-31/h3-17,20-21,23-27H,18-19,22H2,1-2H3. The fourth-order valence-corrected chi connectivity index (χ4v) is 6.56. The van der Waals surface area contributed by atoms with Crippen LogP contribution in [0.2, 0.25) is 0 Å². The number of rotatable bonds is 9. The Morgan fingerprint density at radius 1 is 0.804 bits per heavy atom. The van der Waals surface area contributed by atoms with Crippen LogP contribution < -0.4 is 5.56 Å². The van der Waals surface area contributed by atoms with E-state index in [-0.39, 0.29) is 17.2 Å². The molecule has 3 aromatic carbocycles. The van der Waals surface area contributed by atoms with Gasteiger partial charge in [-0.2, -0.15) is 5.10 Å². The number of hydrogen-bond acceptors (Lipinski definition) is 5. The van der Waals surface area contributed by atoms with Gasteiger partial charge in [-0.1, -0.05) is 91.0 Å². The first-order valence-electron chi connectivity index (χ1n) is 15.8. The highest BCUT2D eigenvalue weighted by molar-refractivity contribution is 5.62. The molecule has 0 radical (unpaired) electrons. The second-order valence-corrected chi connectivity index (χ2v) is 12.3. The van der Waals surface area contributed by atoms with E-state index in [0.29, 0.717) is 23.1 Å². The van der Waals surface area contributed by atoms with E-state index in [1.165, 1.54) is 12.8 Å². The van der Waals surface area contributed by atoms with Crippen LogP contribution in [0.25, 0.3) is 28.4 Å². The highest BCUT2D eigenvalue weighted by Crippen LogP contribution is 2.41. The van der Waals surface area contributed by atoms with Gasteiger partial charge in [0, 0.05) is 25.0 Å². The van der Waals surface area contributed by atoms with Crippen LogP contribution in [0.5, 0.6) is 0 Å². The highest BCUT2D eigenvalue weighted by Gasteiger charge is 2.38. The van der Waals surface area contributed by atoms with E-state index < -0.39 is 5.54 Å². The van der Waals surface area contributed by atoms with E-state index in [1.54, 1.807) is 21.5 Å². The third-order valence-corrected chi connectivity index (χ3v) is 8.93. The van der Waals surface area contributed by atoms with Crippen molar-refractivity contribution in [3.63, 3.8) is 0 Å². The van der Waals surface area contributed by atoms with Crippen molar-refractivity contribution in [2.75, 3.05) is 0 Å². The molecule has 0 amide bonds. The molecule has 4 heterocycles. The Morgan fingerprint density at radius 3 is 1.98 bits per heavy atom. The fraction of sp³-hybridized carbons (Fsp3) is 0.216. The summed E-state index contributed by atoms with van der Waals surface area (Å²) in [5, 5.41) is 9.62. The molecular formula is C37H34N8O. The molecule has 0 aliphatic heterocycles. The van der Waals surface area contributed by atoms with Gasteiger partial charge >= 0.3 is 0 Å². The minimum atomic E-state index is -0.714. The Labute approximate surface area is 266 Å². The molecule has 0 unspecified atom stereocenters. The van der Waals surface area contributed by atoms with Crippen LogP contribution >= 0.6 is 0 Å². The van der Waals surface area contributed by atoms with Gasteiger partial charge in [-0.05, 0) is 49.3 Å². The Hall–Kier alpha value is -5.57. The number of aromatic nitrogens is 8. The van der Waals surface area contributed by atoms with E-state index in [9.17, 15) is 4.79 Å². The van der Waals surface area contributed by atoms with E-state index in [2.05, 4.69) is 87.4 Å². The fourth-order valence-electron chi connectivity index (χ4n) is 6.56. The molecule has 228 valence electrons. The zero-order chi connectivity index (χ0) is 31.3. The van der Waals surface area contributed by atoms with Crippen molar-refractivity contribution in [2.24, 2.45) is 5.92 Å². The molecule has 0 N–H and O–H groups in total. The molecule has 0 bridgehead atoms. The molecule has 1 fully saturated rings. The number of fused-ring (bicyclic) bond motifs is 1. The smallest absolute Gasteiger partial charge is 0.297 e. The van der Waals surface area contributed by atoms with Gasteiger partial charge in [-0.15, -0.1) is 5.10 Å². The van der Waals surface area contributed by atoms with Crippen molar-refractivity contribution in [1.82, 2.24) is 38.5 Å². The third kappa shape index (κ3) is 4.58. The zero-order valence-electron chi connectivity index (χ0n) is 25.8. The van der Waals surface area contributed by atoms with Gasteiger partial charge in [0.15, 0.2) is 5.82 Å². The maximum absolute atomic E-state index is 13.9. The SMILES string of the molecule is CC(C)n1c(-c2cnn(CC3CC3)c2)nn2c(-c3cn(C(c4ccccc4)(c4ccccc4)c4ccccc4)cn3)cnc2c1=O. The van der Waals surface area contributed by atoms with Crippen molar-refractivity contribution >= 4 is 5.65 Å². The van der Waals surface area contributed by atoms with Crippen LogP contribution in [0.15, 0.2) is 127 Å². The lowest BCUT2D eigenvalue weighted by Crippen LogP contribution is -2.36. The monoisotopic (exact) mass is 606 g/mol. The van der Waals surface area contributed by atoms with Gasteiger partial charge in [0.1, 0.15) is 16.9 Å². The summed E-state index contributed by atoms with van der Waals surface area (Å²) in [5.74, 6) is 1.24. The second kappa shape index (κ2) is 11.1. The zero-order valence-corrected chi connectivity index (χ0v) is 25.8. The minimum Gasteiger partial charge on any atom is -0.318 e. The Bertz CT molecular complexity index is 2090. The quantitative estimate of drug-likeness (QED) is 0.176. The van der Waals surface area contributed by atoms with Gasteiger partial charge in [0.05, 0.1) is 24.3 Å². The summed E-state index contributed by atoms with van der Waals surface area (Å²) in [6, 6.07) is 31.3. The summed E-state index contributed by atoms with van der Waals surface area (Å²) in [4.78, 5) is 23.4. The molecule has 8 rings (SSSR count). The average Bonchev–Trinajstić information content (AvgIpc) is 3.41. The predicted molar refractivity (Wildman–Crippen MR) is 177 cm³/mol. The lowest BCUT2D eigenvalue weighted by molar-refractivity contribution is 0.515. The molecule has 4 aromatic heterocycles. The maximum atomic E-state index is 13.9. The van der Waals surface area contributed by atoms with Crippen LogP contribution in [0.1, 0.15) is 49.4 Å². The molecule has 1 aliphatic carbocycles. The summed E-state index contributed by atoms with van der Waals surface area (Å²) < 4.78 is 7.45. The topological polar surface area (TPSA) is 87.8 Å². The molecule has 1 saturated carbocycles. The molecule has 46 heavy (non-hydrogen) atoms. The van der Waals surface area contributed by atoms with Gasteiger partial charge < -0.3 is 4.57 Å². The van der Waals surface area contributed by atoms with Gasteiger partial charge in [0.25, 0.3) is 5.56 Å². The first kappa shape index (κ1) is 27.9. The summed E-state index contributed by atoms with van der Waals surface area (Å²) in [5.41, 5.74) is 4.72. The average molecular weight is 607 g/mol. The van der Waals surface area contributed by atoms with Crippen molar-refractivity contribution in [2.45, 2.75) is 44.8 Å². The molecule has 9 nitrogen and oxygen atoms in total. The lowest BCUT2D eigenvalue weighted by atomic mass is 9.77. The van der Waals surface area contributed by atoms with E-state index in [1.807, 2.05) is 55.4 Å². The lowest BCUT2D eigenvalue weighted by Gasteiger charge is -2.37. The minimum absolute atomic E-state index is 0.116. The molecular weight excluding hydrogens is 572 g/mol. The summed E-state index contributed by atoms with van der Waals surface area (Å²) in [6.07, 6.45) is 11.8. The Balaban J connectivity index is 1.32. The largest absolute Gasteiger partial charge is 0.318 e. The van der Waals surface area contributed by atoms with Crippen molar-refractivity contribution in [1.29, 1.82) is 0 Å². The second-order valence-electron chi connectivity index (χ2n) is 12.3. The van der Waals surface area contributed by atoms with Crippen LogP contribution in [0, 0.1) is 5.92 Å². The molecule has 0 spiro atoms. The van der Waals surface area contributed by atoms with Crippen molar-refractivity contribution in [3.05, 3.63) is 149 Å². The maximum Gasteiger partial charge on any atom is 0.297 e.